The Bertz CT molecular complexity index is 391. The first-order valence-corrected chi connectivity index (χ1v) is 8.07. The minimum atomic E-state index is -0.373. The number of methoxy groups -OCH3 is 1. The molecule has 3 nitrogen and oxygen atoms in total. The van der Waals surface area contributed by atoms with E-state index in [4.69, 9.17) is 4.74 Å². The minimum absolute atomic E-state index is 0.223. The fraction of sp³-hybridized carbons (Fsp3) is 0.611. The molecule has 0 radical (unpaired) electrons. The van der Waals surface area contributed by atoms with Gasteiger partial charge in [-0.2, -0.15) is 0 Å². The zero-order chi connectivity index (χ0) is 15.5. The average Bonchev–Trinajstić information content (AvgIpc) is 2.52. The molecule has 3 heteroatoms. The molecule has 21 heavy (non-hydrogen) atoms. The van der Waals surface area contributed by atoms with Crippen LogP contribution in [0.5, 0.6) is 0 Å². The average molecular weight is 291 g/mol. The van der Waals surface area contributed by atoms with Crippen LogP contribution in [0.15, 0.2) is 30.3 Å². The van der Waals surface area contributed by atoms with Gasteiger partial charge >= 0.3 is 5.97 Å². The molecule has 0 heterocycles. The van der Waals surface area contributed by atoms with Gasteiger partial charge in [-0.05, 0) is 18.9 Å². The smallest absolute Gasteiger partial charge is 0.327 e. The molecule has 1 rings (SSSR count). The normalized spacial score (nSPS) is 13.7. The Morgan fingerprint density at radius 2 is 1.81 bits per heavy atom. The summed E-state index contributed by atoms with van der Waals surface area (Å²) in [4.78, 5) is 12.0. The van der Waals surface area contributed by atoms with E-state index >= 15 is 0 Å². The van der Waals surface area contributed by atoms with Gasteiger partial charge in [0.25, 0.3) is 0 Å². The Morgan fingerprint density at radius 3 is 2.43 bits per heavy atom. The number of carbonyl (C=O) groups excluding carboxylic acids is 1. The summed E-state index contributed by atoms with van der Waals surface area (Å²) in [7, 11) is 1.44. The standard InChI is InChI=1S/C18H29NO2/c1-4-5-6-7-9-12-15(2)19-17(18(20)21-3)16-13-10-8-11-14-16/h8,10-11,13-15,17,19H,4-7,9,12H2,1-3H3. The van der Waals surface area contributed by atoms with E-state index in [2.05, 4.69) is 19.2 Å². The van der Waals surface area contributed by atoms with Gasteiger partial charge in [0.1, 0.15) is 6.04 Å². The Hall–Kier alpha value is -1.35. The highest BCUT2D eigenvalue weighted by Crippen LogP contribution is 2.16. The van der Waals surface area contributed by atoms with Gasteiger partial charge in [-0.25, -0.2) is 4.79 Å². The van der Waals surface area contributed by atoms with Gasteiger partial charge in [0.2, 0.25) is 0 Å². The van der Waals surface area contributed by atoms with Crippen molar-refractivity contribution in [3.8, 4) is 0 Å². The molecule has 0 spiro atoms. The maximum Gasteiger partial charge on any atom is 0.327 e. The molecule has 0 saturated carbocycles. The van der Waals surface area contributed by atoms with Crippen LogP contribution >= 0.6 is 0 Å². The van der Waals surface area contributed by atoms with E-state index in [-0.39, 0.29) is 12.0 Å². The van der Waals surface area contributed by atoms with E-state index in [1.165, 1.54) is 39.2 Å². The molecule has 0 aliphatic rings. The first kappa shape index (κ1) is 17.7. The Labute approximate surface area is 129 Å². The van der Waals surface area contributed by atoms with Crippen molar-refractivity contribution in [1.82, 2.24) is 5.32 Å². The molecular formula is C18H29NO2. The number of carbonyl (C=O) groups is 1. The number of nitrogens with one attached hydrogen (secondary N) is 1. The summed E-state index contributed by atoms with van der Waals surface area (Å²) in [5, 5.41) is 3.40. The van der Waals surface area contributed by atoms with Crippen molar-refractivity contribution in [1.29, 1.82) is 0 Å². The number of esters is 1. The Kier molecular flexibility index (Phi) is 8.76. The van der Waals surface area contributed by atoms with E-state index in [1.54, 1.807) is 0 Å². The zero-order valence-electron chi connectivity index (χ0n) is 13.6. The summed E-state index contributed by atoms with van der Waals surface area (Å²) < 4.78 is 4.92. The molecule has 118 valence electrons. The van der Waals surface area contributed by atoms with E-state index < -0.39 is 0 Å². The lowest BCUT2D eigenvalue weighted by Gasteiger charge is -2.22. The summed E-state index contributed by atoms with van der Waals surface area (Å²) in [5.41, 5.74) is 0.960. The van der Waals surface area contributed by atoms with Crippen LogP contribution in [0.25, 0.3) is 0 Å². The third kappa shape index (κ3) is 6.76. The second-order valence-corrected chi connectivity index (χ2v) is 5.64. The van der Waals surface area contributed by atoms with Gasteiger partial charge in [0, 0.05) is 6.04 Å². The predicted molar refractivity (Wildman–Crippen MR) is 87.2 cm³/mol. The second-order valence-electron chi connectivity index (χ2n) is 5.64. The molecule has 2 unspecified atom stereocenters. The van der Waals surface area contributed by atoms with Gasteiger partial charge < -0.3 is 4.74 Å². The number of benzene rings is 1. The molecule has 1 aromatic rings. The van der Waals surface area contributed by atoms with Gasteiger partial charge in [0.05, 0.1) is 7.11 Å². The van der Waals surface area contributed by atoms with Crippen molar-refractivity contribution in [2.45, 2.75) is 64.5 Å². The maximum absolute atomic E-state index is 12.0. The fourth-order valence-corrected chi connectivity index (χ4v) is 2.49. The molecule has 2 atom stereocenters. The van der Waals surface area contributed by atoms with Gasteiger partial charge in [-0.3, -0.25) is 5.32 Å². The van der Waals surface area contributed by atoms with Gasteiger partial charge in [-0.1, -0.05) is 69.4 Å². The fourth-order valence-electron chi connectivity index (χ4n) is 2.49. The largest absolute Gasteiger partial charge is 0.468 e. The molecule has 1 aromatic carbocycles. The number of unbranched alkanes of at least 4 members (excludes halogenated alkanes) is 4. The summed E-state index contributed by atoms with van der Waals surface area (Å²) in [6, 6.07) is 9.70. The highest BCUT2D eigenvalue weighted by molar-refractivity contribution is 5.77. The van der Waals surface area contributed by atoms with Crippen molar-refractivity contribution in [2.75, 3.05) is 7.11 Å². The Morgan fingerprint density at radius 1 is 1.14 bits per heavy atom. The number of hydrogen-bond acceptors (Lipinski definition) is 3. The van der Waals surface area contributed by atoms with Crippen molar-refractivity contribution < 1.29 is 9.53 Å². The van der Waals surface area contributed by atoms with Crippen LogP contribution in [0.3, 0.4) is 0 Å². The van der Waals surface area contributed by atoms with Crippen LogP contribution in [0, 0.1) is 0 Å². The van der Waals surface area contributed by atoms with Crippen LogP contribution in [-0.2, 0) is 9.53 Å². The third-order valence-electron chi connectivity index (χ3n) is 3.76. The summed E-state index contributed by atoms with van der Waals surface area (Å²) in [5.74, 6) is -0.223. The Balaban J connectivity index is 2.47. The van der Waals surface area contributed by atoms with Crippen molar-refractivity contribution in [2.24, 2.45) is 0 Å². The molecule has 1 N–H and O–H groups in total. The molecule has 0 aromatic heterocycles. The quantitative estimate of drug-likeness (QED) is 0.517. The number of rotatable bonds is 10. The lowest BCUT2D eigenvalue weighted by atomic mass is 10.0. The highest BCUT2D eigenvalue weighted by atomic mass is 16.5. The van der Waals surface area contributed by atoms with Gasteiger partial charge in [-0.15, -0.1) is 0 Å². The molecule has 0 amide bonds. The van der Waals surface area contributed by atoms with Crippen molar-refractivity contribution in [3.63, 3.8) is 0 Å². The predicted octanol–water partition coefficient (Wildman–Crippen LogP) is 4.24. The summed E-state index contributed by atoms with van der Waals surface area (Å²) in [6.45, 7) is 4.36. The lowest BCUT2D eigenvalue weighted by Crippen LogP contribution is -2.36. The van der Waals surface area contributed by atoms with E-state index in [0.29, 0.717) is 6.04 Å². The topological polar surface area (TPSA) is 38.3 Å². The van der Waals surface area contributed by atoms with Gasteiger partial charge in [0.15, 0.2) is 0 Å². The van der Waals surface area contributed by atoms with E-state index in [1.807, 2.05) is 30.3 Å². The van der Waals surface area contributed by atoms with Crippen LogP contribution in [0.1, 0.15) is 64.0 Å². The number of ether oxygens (including phenoxy) is 1. The van der Waals surface area contributed by atoms with Crippen LogP contribution in [-0.4, -0.2) is 19.1 Å². The third-order valence-corrected chi connectivity index (χ3v) is 3.76. The lowest BCUT2D eigenvalue weighted by molar-refractivity contribution is -0.143. The molecule has 0 aliphatic heterocycles. The highest BCUT2D eigenvalue weighted by Gasteiger charge is 2.22. The van der Waals surface area contributed by atoms with Crippen molar-refractivity contribution in [3.05, 3.63) is 35.9 Å². The maximum atomic E-state index is 12.0. The van der Waals surface area contributed by atoms with Crippen LogP contribution in [0.4, 0.5) is 0 Å². The molecule has 0 bridgehead atoms. The molecule has 0 aliphatic carbocycles. The van der Waals surface area contributed by atoms with Crippen LogP contribution < -0.4 is 5.32 Å². The molecule has 0 saturated heterocycles. The van der Waals surface area contributed by atoms with Crippen molar-refractivity contribution >= 4 is 5.97 Å². The van der Waals surface area contributed by atoms with E-state index in [0.717, 1.165) is 12.0 Å². The number of hydrogen-bond donors (Lipinski definition) is 1. The monoisotopic (exact) mass is 291 g/mol. The SMILES string of the molecule is CCCCCCCC(C)NC(C(=O)OC)c1ccccc1. The second kappa shape index (κ2) is 10.4. The first-order valence-electron chi connectivity index (χ1n) is 8.07. The van der Waals surface area contributed by atoms with E-state index in [9.17, 15) is 4.79 Å². The summed E-state index contributed by atoms with van der Waals surface area (Å²) >= 11 is 0. The molecular weight excluding hydrogens is 262 g/mol. The summed E-state index contributed by atoms with van der Waals surface area (Å²) in [6.07, 6.45) is 7.46. The molecule has 0 fully saturated rings. The first-order chi connectivity index (χ1) is 10.2. The van der Waals surface area contributed by atoms with Crippen LogP contribution in [0.2, 0.25) is 0 Å². The minimum Gasteiger partial charge on any atom is -0.468 e. The zero-order valence-corrected chi connectivity index (χ0v) is 13.6.